The van der Waals surface area contributed by atoms with Gasteiger partial charge in [0.1, 0.15) is 6.04 Å². The van der Waals surface area contributed by atoms with Crippen LogP contribution in [0.25, 0.3) is 0 Å². The molecular weight excluding hydrogens is 448 g/mol. The third-order valence-corrected chi connectivity index (χ3v) is 6.48. The number of aromatic hydroxyl groups is 1. The van der Waals surface area contributed by atoms with Crippen molar-refractivity contribution < 1.29 is 14.6 Å². The van der Waals surface area contributed by atoms with Crippen molar-refractivity contribution in [2.24, 2.45) is 0 Å². The third-order valence-electron chi connectivity index (χ3n) is 6.48. The summed E-state index contributed by atoms with van der Waals surface area (Å²) in [5, 5.41) is 13.1. The summed E-state index contributed by atoms with van der Waals surface area (Å²) >= 11 is 0. The first-order valence-electron chi connectivity index (χ1n) is 11.6. The lowest BCUT2D eigenvalue weighted by Crippen LogP contribution is -2.48. The van der Waals surface area contributed by atoms with Gasteiger partial charge < -0.3 is 20.1 Å². The molecule has 5 nitrogen and oxygen atoms in total. The maximum absolute atomic E-state index is 13.6. The van der Waals surface area contributed by atoms with Gasteiger partial charge >= 0.3 is 0 Å². The Balaban J connectivity index is 0.00000324. The molecule has 1 saturated heterocycles. The predicted octanol–water partition coefficient (Wildman–Crippen LogP) is 5.32. The van der Waals surface area contributed by atoms with Crippen molar-refractivity contribution in [2.75, 3.05) is 18.6 Å². The van der Waals surface area contributed by atoms with E-state index in [0.717, 1.165) is 37.1 Å². The molecule has 0 spiro atoms. The van der Waals surface area contributed by atoms with Crippen molar-refractivity contribution in [1.29, 1.82) is 0 Å². The van der Waals surface area contributed by atoms with Gasteiger partial charge in [0, 0.05) is 24.2 Å². The number of rotatable bonds is 8. The topological polar surface area (TPSA) is 61.8 Å². The number of phenols is 1. The normalized spacial score (nSPS) is 18.1. The molecule has 34 heavy (non-hydrogen) atoms. The molecule has 0 bridgehead atoms. The lowest BCUT2D eigenvalue weighted by atomic mass is 9.91. The highest BCUT2D eigenvalue weighted by Gasteiger charge is 2.40. The van der Waals surface area contributed by atoms with E-state index in [9.17, 15) is 9.90 Å². The number of amides is 1. The van der Waals surface area contributed by atoms with Crippen molar-refractivity contribution in [3.05, 3.63) is 90.0 Å². The molecule has 3 aromatic carbocycles. The number of benzene rings is 3. The zero-order valence-electron chi connectivity index (χ0n) is 19.7. The highest BCUT2D eigenvalue weighted by molar-refractivity contribution is 5.87. The highest BCUT2D eigenvalue weighted by Crippen LogP contribution is 2.37. The summed E-state index contributed by atoms with van der Waals surface area (Å²) in [5.74, 6) is 0.831. The van der Waals surface area contributed by atoms with E-state index < -0.39 is 0 Å². The second-order valence-corrected chi connectivity index (χ2v) is 8.73. The Kier molecular flexibility index (Phi) is 8.83. The van der Waals surface area contributed by atoms with Crippen LogP contribution in [0.1, 0.15) is 36.8 Å². The molecule has 0 radical (unpaired) electrons. The van der Waals surface area contributed by atoms with E-state index in [4.69, 9.17) is 4.74 Å². The lowest BCUT2D eigenvalue weighted by molar-refractivity contribution is -0.123. The van der Waals surface area contributed by atoms with Crippen LogP contribution in [0.4, 0.5) is 5.69 Å². The van der Waals surface area contributed by atoms with Gasteiger partial charge in [-0.2, -0.15) is 0 Å². The first-order valence-corrected chi connectivity index (χ1v) is 11.6. The smallest absolute Gasteiger partial charge is 0.243 e. The van der Waals surface area contributed by atoms with Crippen molar-refractivity contribution >= 4 is 24.0 Å². The van der Waals surface area contributed by atoms with Gasteiger partial charge in [-0.3, -0.25) is 4.79 Å². The number of nitrogens with one attached hydrogen (secondary N) is 1. The highest BCUT2D eigenvalue weighted by atomic mass is 35.5. The Bertz CT molecular complexity index is 1010. The van der Waals surface area contributed by atoms with E-state index in [1.807, 2.05) is 48.5 Å². The van der Waals surface area contributed by atoms with Gasteiger partial charge in [0.15, 0.2) is 11.5 Å². The van der Waals surface area contributed by atoms with Crippen LogP contribution in [0, 0.1) is 0 Å². The summed E-state index contributed by atoms with van der Waals surface area (Å²) in [5.41, 5.74) is 3.36. The minimum atomic E-state index is -0.244. The molecule has 1 aliphatic rings. The minimum absolute atomic E-state index is 0. The standard InChI is InChI=1S/C28H32N2O3.ClH/c1-20(13-14-21-15-16-25(31)26(19-21)33-2)29-28(32)27-24(22-9-5-3-6-10-22)17-18-30(27)23-11-7-4-8-12-23;/h3-12,15-16,19-20,24,27,31H,13-14,17-18H2,1-2H3,(H,29,32);1H/t20?,24?,27-;/m0./s1. The molecule has 4 rings (SSSR count). The number of aryl methyl sites for hydroxylation is 1. The van der Waals surface area contributed by atoms with Gasteiger partial charge in [-0.1, -0.05) is 54.6 Å². The van der Waals surface area contributed by atoms with Gasteiger partial charge in [0.05, 0.1) is 7.11 Å². The number of phenolic OH excluding ortho intramolecular Hbond substituents is 1. The summed E-state index contributed by atoms with van der Waals surface area (Å²) < 4.78 is 5.21. The number of ether oxygens (including phenoxy) is 1. The second-order valence-electron chi connectivity index (χ2n) is 8.73. The van der Waals surface area contributed by atoms with Crippen molar-refractivity contribution in [1.82, 2.24) is 5.32 Å². The van der Waals surface area contributed by atoms with Crippen LogP contribution >= 0.6 is 12.4 Å². The molecule has 0 aliphatic carbocycles. The van der Waals surface area contributed by atoms with E-state index in [0.29, 0.717) is 5.75 Å². The Morgan fingerprint density at radius 3 is 2.44 bits per heavy atom. The number of carbonyl (C=O) groups is 1. The van der Waals surface area contributed by atoms with Crippen LogP contribution < -0.4 is 15.0 Å². The van der Waals surface area contributed by atoms with Crippen LogP contribution in [0.15, 0.2) is 78.9 Å². The monoisotopic (exact) mass is 480 g/mol. The molecule has 1 aliphatic heterocycles. The maximum atomic E-state index is 13.6. The Morgan fingerprint density at radius 1 is 1.09 bits per heavy atom. The summed E-state index contributed by atoms with van der Waals surface area (Å²) in [7, 11) is 1.55. The summed E-state index contributed by atoms with van der Waals surface area (Å²) in [6.45, 7) is 2.90. The van der Waals surface area contributed by atoms with Crippen LogP contribution in [0.5, 0.6) is 11.5 Å². The summed E-state index contributed by atoms with van der Waals surface area (Å²) in [6.07, 6.45) is 2.53. The second kappa shape index (κ2) is 11.8. The number of nitrogens with zero attached hydrogens (tertiary/aromatic N) is 1. The van der Waals surface area contributed by atoms with Crippen molar-refractivity contribution in [3.8, 4) is 11.5 Å². The number of methoxy groups -OCH3 is 1. The number of para-hydroxylation sites is 1. The van der Waals surface area contributed by atoms with Crippen LogP contribution in [0.3, 0.4) is 0 Å². The zero-order valence-corrected chi connectivity index (χ0v) is 20.5. The molecule has 180 valence electrons. The Hall–Kier alpha value is -3.18. The number of hydrogen-bond acceptors (Lipinski definition) is 4. The molecule has 0 saturated carbocycles. The van der Waals surface area contributed by atoms with Gasteiger partial charge in [-0.05, 0) is 61.6 Å². The fourth-order valence-corrected chi connectivity index (χ4v) is 4.74. The Morgan fingerprint density at radius 2 is 1.76 bits per heavy atom. The zero-order chi connectivity index (χ0) is 23.2. The molecule has 6 heteroatoms. The molecule has 2 N–H and O–H groups in total. The average molecular weight is 481 g/mol. The molecule has 1 fully saturated rings. The third kappa shape index (κ3) is 5.84. The molecule has 3 aromatic rings. The first-order chi connectivity index (χ1) is 16.1. The molecule has 2 unspecified atom stereocenters. The van der Waals surface area contributed by atoms with Gasteiger partial charge in [0.25, 0.3) is 0 Å². The van der Waals surface area contributed by atoms with Gasteiger partial charge in [0.2, 0.25) is 5.91 Å². The van der Waals surface area contributed by atoms with Crippen LogP contribution in [0.2, 0.25) is 0 Å². The van der Waals surface area contributed by atoms with E-state index in [1.54, 1.807) is 13.2 Å². The van der Waals surface area contributed by atoms with E-state index in [1.165, 1.54) is 5.56 Å². The largest absolute Gasteiger partial charge is 0.504 e. The quantitative estimate of drug-likeness (QED) is 0.458. The van der Waals surface area contributed by atoms with E-state index >= 15 is 0 Å². The van der Waals surface area contributed by atoms with Crippen molar-refractivity contribution in [3.63, 3.8) is 0 Å². The van der Waals surface area contributed by atoms with Gasteiger partial charge in [-0.15, -0.1) is 12.4 Å². The number of halogens is 1. The molecule has 3 atom stereocenters. The summed E-state index contributed by atoms with van der Waals surface area (Å²) in [4.78, 5) is 15.8. The Labute approximate surface area is 208 Å². The van der Waals surface area contributed by atoms with E-state index in [-0.39, 0.29) is 42.1 Å². The lowest BCUT2D eigenvalue weighted by Gasteiger charge is -2.30. The molecule has 0 aromatic heterocycles. The van der Waals surface area contributed by atoms with Crippen LogP contribution in [-0.2, 0) is 11.2 Å². The van der Waals surface area contributed by atoms with Gasteiger partial charge in [-0.25, -0.2) is 0 Å². The number of anilines is 1. The first kappa shape index (κ1) is 25.4. The van der Waals surface area contributed by atoms with Crippen LogP contribution in [-0.4, -0.2) is 36.8 Å². The van der Waals surface area contributed by atoms with Crippen molar-refractivity contribution in [2.45, 2.75) is 44.2 Å². The number of carbonyl (C=O) groups excluding carboxylic acids is 1. The number of hydrogen-bond donors (Lipinski definition) is 2. The maximum Gasteiger partial charge on any atom is 0.243 e. The fourth-order valence-electron chi connectivity index (χ4n) is 4.74. The fraction of sp³-hybridized carbons (Fsp3) is 0.321. The SMILES string of the molecule is COc1cc(CCC(C)NC(=O)[C@@H]2C(c3ccccc3)CCN2c2ccccc2)ccc1O.Cl. The predicted molar refractivity (Wildman–Crippen MR) is 139 cm³/mol. The minimum Gasteiger partial charge on any atom is -0.504 e. The van der Waals surface area contributed by atoms with E-state index in [2.05, 4.69) is 41.4 Å². The molecular formula is C28H33ClN2O3. The molecule has 1 heterocycles. The summed E-state index contributed by atoms with van der Waals surface area (Å²) in [6, 6.07) is 25.7. The average Bonchev–Trinajstić information content (AvgIpc) is 3.30. The molecule has 1 amide bonds.